The molecule has 0 aromatic carbocycles. The number of rotatable bonds is 4. The van der Waals surface area contributed by atoms with Crippen LogP contribution >= 0.6 is 0 Å². The number of sulfonamides is 1. The Morgan fingerprint density at radius 1 is 1.47 bits per heavy atom. The fourth-order valence-corrected chi connectivity index (χ4v) is 4.40. The number of hydrogen-bond acceptors (Lipinski definition) is 3. The Morgan fingerprint density at radius 3 is 2.40 bits per heavy atom. The molecule has 0 bridgehead atoms. The second-order valence-corrected chi connectivity index (χ2v) is 6.74. The molecule has 0 aromatic heterocycles. The fourth-order valence-electron chi connectivity index (χ4n) is 2.31. The van der Waals surface area contributed by atoms with Gasteiger partial charge < -0.3 is 5.73 Å². The normalized spacial score (nSPS) is 30.7. The summed E-state index contributed by atoms with van der Waals surface area (Å²) in [6, 6.07) is 0.130. The van der Waals surface area contributed by atoms with E-state index in [0.717, 1.165) is 6.42 Å². The third-order valence-corrected chi connectivity index (χ3v) is 5.72. The first-order valence-electron chi connectivity index (χ1n) is 5.64. The lowest BCUT2D eigenvalue weighted by atomic mass is 10.1. The highest BCUT2D eigenvalue weighted by Crippen LogP contribution is 2.27. The zero-order valence-corrected chi connectivity index (χ0v) is 10.6. The van der Waals surface area contributed by atoms with Gasteiger partial charge in [0.25, 0.3) is 0 Å². The quantitative estimate of drug-likeness (QED) is 0.782. The van der Waals surface area contributed by atoms with Crippen LogP contribution < -0.4 is 5.73 Å². The first-order chi connectivity index (χ1) is 6.93. The predicted molar refractivity (Wildman–Crippen MR) is 62.0 cm³/mol. The van der Waals surface area contributed by atoms with E-state index < -0.39 is 15.3 Å². The first-order valence-corrected chi connectivity index (χ1v) is 7.14. The van der Waals surface area contributed by atoms with Crippen molar-refractivity contribution in [3.05, 3.63) is 0 Å². The second-order valence-electron chi connectivity index (χ2n) is 4.57. The first kappa shape index (κ1) is 12.9. The highest BCUT2D eigenvalue weighted by atomic mass is 32.2. The SMILES string of the molecule is CCC(CN)S(=O)(=O)N1CC(C)CC1C. The summed E-state index contributed by atoms with van der Waals surface area (Å²) in [4.78, 5) is 0. The predicted octanol–water partition coefficient (Wildman–Crippen LogP) is 0.784. The van der Waals surface area contributed by atoms with Crippen molar-refractivity contribution in [1.29, 1.82) is 0 Å². The van der Waals surface area contributed by atoms with E-state index in [0.29, 0.717) is 18.9 Å². The van der Waals surface area contributed by atoms with Gasteiger partial charge in [-0.25, -0.2) is 8.42 Å². The molecule has 15 heavy (non-hydrogen) atoms. The van der Waals surface area contributed by atoms with Crippen molar-refractivity contribution in [3.63, 3.8) is 0 Å². The molecule has 2 N–H and O–H groups in total. The summed E-state index contributed by atoms with van der Waals surface area (Å²) in [7, 11) is -3.17. The van der Waals surface area contributed by atoms with Gasteiger partial charge in [0.15, 0.2) is 0 Å². The van der Waals surface area contributed by atoms with Crippen LogP contribution in [0, 0.1) is 5.92 Å². The van der Waals surface area contributed by atoms with Crippen LogP contribution in [0.4, 0.5) is 0 Å². The summed E-state index contributed by atoms with van der Waals surface area (Å²) in [5.41, 5.74) is 5.51. The lowest BCUT2D eigenvalue weighted by Crippen LogP contribution is -2.43. The second kappa shape index (κ2) is 4.80. The van der Waals surface area contributed by atoms with Crippen LogP contribution in [0.2, 0.25) is 0 Å². The lowest BCUT2D eigenvalue weighted by Gasteiger charge is -2.25. The van der Waals surface area contributed by atoms with Gasteiger partial charge in [-0.3, -0.25) is 0 Å². The minimum atomic E-state index is -3.17. The highest BCUT2D eigenvalue weighted by molar-refractivity contribution is 7.89. The van der Waals surface area contributed by atoms with E-state index in [2.05, 4.69) is 6.92 Å². The van der Waals surface area contributed by atoms with Gasteiger partial charge in [-0.05, 0) is 25.7 Å². The van der Waals surface area contributed by atoms with Crippen LogP contribution in [0.15, 0.2) is 0 Å². The summed E-state index contributed by atoms with van der Waals surface area (Å²) in [6.45, 7) is 6.81. The molecule has 0 aliphatic carbocycles. The summed E-state index contributed by atoms with van der Waals surface area (Å²) in [6.07, 6.45) is 1.55. The molecule has 3 atom stereocenters. The molecule has 5 heteroatoms. The van der Waals surface area contributed by atoms with E-state index >= 15 is 0 Å². The molecule has 4 nitrogen and oxygen atoms in total. The summed E-state index contributed by atoms with van der Waals surface area (Å²) < 4.78 is 26.0. The van der Waals surface area contributed by atoms with Crippen LogP contribution in [-0.2, 0) is 10.0 Å². The van der Waals surface area contributed by atoms with E-state index in [1.165, 1.54) is 0 Å². The van der Waals surface area contributed by atoms with Crippen LogP contribution in [0.25, 0.3) is 0 Å². The fraction of sp³-hybridized carbons (Fsp3) is 1.00. The average molecular weight is 234 g/mol. The van der Waals surface area contributed by atoms with Gasteiger partial charge in [0.2, 0.25) is 10.0 Å². The van der Waals surface area contributed by atoms with E-state index in [4.69, 9.17) is 5.73 Å². The lowest BCUT2D eigenvalue weighted by molar-refractivity contribution is 0.397. The van der Waals surface area contributed by atoms with E-state index in [-0.39, 0.29) is 12.6 Å². The third kappa shape index (κ3) is 2.52. The smallest absolute Gasteiger partial charge is 0.218 e. The van der Waals surface area contributed by atoms with Crippen LogP contribution in [0.3, 0.4) is 0 Å². The third-order valence-electron chi connectivity index (χ3n) is 3.19. The van der Waals surface area contributed by atoms with E-state index in [1.54, 1.807) is 4.31 Å². The molecule has 1 rings (SSSR count). The minimum Gasteiger partial charge on any atom is -0.329 e. The molecular formula is C10H22N2O2S. The standard InChI is InChI=1S/C10H22N2O2S/c1-4-10(6-11)15(13,14)12-7-8(2)5-9(12)3/h8-10H,4-7,11H2,1-3H3. The molecule has 0 saturated carbocycles. The molecule has 0 spiro atoms. The Bertz CT molecular complexity index is 299. The number of nitrogens with zero attached hydrogens (tertiary/aromatic N) is 1. The maximum absolute atomic E-state index is 12.2. The zero-order valence-electron chi connectivity index (χ0n) is 9.81. The molecule has 0 aromatic rings. The number of hydrogen-bond donors (Lipinski definition) is 1. The summed E-state index contributed by atoms with van der Waals surface area (Å²) in [5, 5.41) is -0.412. The van der Waals surface area contributed by atoms with Crippen LogP contribution in [-0.4, -0.2) is 37.1 Å². The Morgan fingerprint density at radius 2 is 2.07 bits per heavy atom. The van der Waals surface area contributed by atoms with Gasteiger partial charge in [-0.2, -0.15) is 4.31 Å². The molecule has 0 amide bonds. The van der Waals surface area contributed by atoms with Crippen molar-refractivity contribution in [3.8, 4) is 0 Å². The van der Waals surface area contributed by atoms with Crippen molar-refractivity contribution >= 4 is 10.0 Å². The monoisotopic (exact) mass is 234 g/mol. The maximum atomic E-state index is 12.2. The van der Waals surface area contributed by atoms with Gasteiger partial charge in [0, 0.05) is 19.1 Å². The highest BCUT2D eigenvalue weighted by Gasteiger charge is 2.38. The summed E-state index contributed by atoms with van der Waals surface area (Å²) in [5.74, 6) is 0.463. The van der Waals surface area contributed by atoms with Crippen LogP contribution in [0.5, 0.6) is 0 Å². The molecular weight excluding hydrogens is 212 g/mol. The molecule has 1 heterocycles. The molecule has 1 saturated heterocycles. The zero-order chi connectivity index (χ0) is 11.6. The molecule has 1 fully saturated rings. The molecule has 3 unspecified atom stereocenters. The molecule has 1 aliphatic heterocycles. The van der Waals surface area contributed by atoms with Crippen molar-refractivity contribution in [2.45, 2.75) is 44.9 Å². The van der Waals surface area contributed by atoms with Gasteiger partial charge in [0.1, 0.15) is 0 Å². The Labute approximate surface area is 92.9 Å². The van der Waals surface area contributed by atoms with Crippen LogP contribution in [0.1, 0.15) is 33.6 Å². The largest absolute Gasteiger partial charge is 0.329 e. The Hall–Kier alpha value is -0.130. The van der Waals surface area contributed by atoms with Crippen molar-refractivity contribution in [2.75, 3.05) is 13.1 Å². The van der Waals surface area contributed by atoms with Gasteiger partial charge >= 0.3 is 0 Å². The van der Waals surface area contributed by atoms with Gasteiger partial charge in [-0.15, -0.1) is 0 Å². The number of nitrogens with two attached hydrogens (primary N) is 1. The van der Waals surface area contributed by atoms with Crippen molar-refractivity contribution in [1.82, 2.24) is 4.31 Å². The van der Waals surface area contributed by atoms with Crippen molar-refractivity contribution < 1.29 is 8.42 Å². The Balaban J connectivity index is 2.86. The molecule has 1 aliphatic rings. The Kier molecular flexibility index (Phi) is 4.14. The molecule has 0 radical (unpaired) electrons. The van der Waals surface area contributed by atoms with Gasteiger partial charge in [0.05, 0.1) is 5.25 Å². The maximum Gasteiger partial charge on any atom is 0.218 e. The van der Waals surface area contributed by atoms with E-state index in [9.17, 15) is 8.42 Å². The van der Waals surface area contributed by atoms with Crippen molar-refractivity contribution in [2.24, 2.45) is 11.7 Å². The van der Waals surface area contributed by atoms with E-state index in [1.807, 2.05) is 13.8 Å². The minimum absolute atomic E-state index is 0.130. The average Bonchev–Trinajstić information content (AvgIpc) is 2.47. The van der Waals surface area contributed by atoms with Gasteiger partial charge in [-0.1, -0.05) is 13.8 Å². The molecule has 90 valence electrons. The summed E-state index contributed by atoms with van der Waals surface area (Å²) >= 11 is 0. The topological polar surface area (TPSA) is 63.4 Å².